The molecule has 0 amide bonds. The number of aromatic nitrogens is 1. The highest BCUT2D eigenvalue weighted by atomic mass is 15.1. The van der Waals surface area contributed by atoms with Gasteiger partial charge in [-0.2, -0.15) is 5.26 Å². The number of para-hydroxylation sites is 1. The van der Waals surface area contributed by atoms with E-state index >= 15 is 0 Å². The van der Waals surface area contributed by atoms with Crippen LogP contribution in [0.1, 0.15) is 5.56 Å². The van der Waals surface area contributed by atoms with Gasteiger partial charge in [-0.1, -0.05) is 18.2 Å². The molecule has 82 valence electrons. The number of nitriles is 1. The predicted octanol–water partition coefficient (Wildman–Crippen LogP) is 2.13. The van der Waals surface area contributed by atoms with E-state index in [1.165, 1.54) is 16.5 Å². The molecule has 0 radical (unpaired) electrons. The minimum absolute atomic E-state index is 0.768. The van der Waals surface area contributed by atoms with Crippen molar-refractivity contribution in [1.29, 1.82) is 5.26 Å². The van der Waals surface area contributed by atoms with Gasteiger partial charge in [0.05, 0.1) is 0 Å². The minimum Gasteiger partial charge on any atom is -0.350 e. The first-order chi connectivity index (χ1) is 7.72. The minimum atomic E-state index is 0.768. The highest BCUT2D eigenvalue weighted by Gasteiger charge is 2.06. The van der Waals surface area contributed by atoms with E-state index in [-0.39, 0.29) is 0 Å². The molecule has 0 unspecified atom stereocenters. The third-order valence-corrected chi connectivity index (χ3v) is 2.87. The quantitative estimate of drug-likeness (QED) is 0.578. The maximum atomic E-state index is 8.70. The van der Waals surface area contributed by atoms with Gasteiger partial charge in [-0.25, -0.2) is 0 Å². The molecular formula is C13H15N3. The number of hydrogen-bond donors (Lipinski definition) is 0. The Morgan fingerprint density at radius 1 is 1.38 bits per heavy atom. The zero-order valence-electron chi connectivity index (χ0n) is 9.64. The smallest absolute Gasteiger partial charge is 0.179 e. The number of aryl methyl sites for hydroxylation is 1. The molecule has 0 atom stereocenters. The molecule has 3 nitrogen and oxygen atoms in total. The van der Waals surface area contributed by atoms with E-state index < -0.39 is 0 Å². The van der Waals surface area contributed by atoms with Crippen molar-refractivity contribution in [2.24, 2.45) is 7.05 Å². The molecule has 16 heavy (non-hydrogen) atoms. The largest absolute Gasteiger partial charge is 0.350 e. The fraction of sp³-hybridized carbons (Fsp3) is 0.308. The van der Waals surface area contributed by atoms with Crippen molar-refractivity contribution in [3.63, 3.8) is 0 Å². The van der Waals surface area contributed by atoms with Crippen LogP contribution in [0.3, 0.4) is 0 Å². The summed E-state index contributed by atoms with van der Waals surface area (Å²) in [5.74, 6) is 0. The molecule has 0 aliphatic rings. The van der Waals surface area contributed by atoms with E-state index in [1.807, 2.05) is 13.1 Å². The number of hydrogen-bond acceptors (Lipinski definition) is 2. The Morgan fingerprint density at radius 2 is 2.12 bits per heavy atom. The first kappa shape index (κ1) is 10.6. The van der Waals surface area contributed by atoms with Gasteiger partial charge in [0.2, 0.25) is 0 Å². The van der Waals surface area contributed by atoms with Gasteiger partial charge in [0.25, 0.3) is 0 Å². The van der Waals surface area contributed by atoms with Crippen molar-refractivity contribution < 1.29 is 0 Å². The summed E-state index contributed by atoms with van der Waals surface area (Å²) in [6.45, 7) is 0.768. The molecule has 1 aromatic heterocycles. The summed E-state index contributed by atoms with van der Waals surface area (Å²) in [5.41, 5.74) is 2.55. The molecule has 0 N–H and O–H groups in total. The number of benzene rings is 1. The molecule has 0 spiro atoms. The molecule has 2 aromatic rings. The second-order valence-corrected chi connectivity index (χ2v) is 4.05. The highest BCUT2D eigenvalue weighted by molar-refractivity contribution is 5.83. The molecule has 0 saturated heterocycles. The number of nitrogens with zero attached hydrogens (tertiary/aromatic N) is 3. The Labute approximate surface area is 95.5 Å². The van der Waals surface area contributed by atoms with Gasteiger partial charge in [0, 0.05) is 37.7 Å². The maximum Gasteiger partial charge on any atom is 0.179 e. The summed E-state index contributed by atoms with van der Waals surface area (Å²) < 4.78 is 2.14. The summed E-state index contributed by atoms with van der Waals surface area (Å²) >= 11 is 0. The molecule has 0 fully saturated rings. The van der Waals surface area contributed by atoms with Gasteiger partial charge in [-0.05, 0) is 18.1 Å². The Morgan fingerprint density at radius 3 is 2.88 bits per heavy atom. The SMILES string of the molecule is CN(C#N)CCc1cn(C)c2ccccc12. The van der Waals surface area contributed by atoms with E-state index in [0.717, 1.165) is 13.0 Å². The number of rotatable bonds is 3. The van der Waals surface area contributed by atoms with Crippen LogP contribution in [0.5, 0.6) is 0 Å². The Bertz CT molecular complexity index is 534. The van der Waals surface area contributed by atoms with E-state index in [0.29, 0.717) is 0 Å². The lowest BCUT2D eigenvalue weighted by Crippen LogP contribution is -2.14. The van der Waals surface area contributed by atoms with Gasteiger partial charge in [-0.15, -0.1) is 0 Å². The predicted molar refractivity (Wildman–Crippen MR) is 64.9 cm³/mol. The molecule has 1 aromatic carbocycles. The van der Waals surface area contributed by atoms with Crippen LogP contribution in [0.2, 0.25) is 0 Å². The lowest BCUT2D eigenvalue weighted by Gasteiger charge is -2.06. The van der Waals surface area contributed by atoms with Gasteiger partial charge in [0.1, 0.15) is 0 Å². The van der Waals surface area contributed by atoms with Crippen molar-refractivity contribution in [1.82, 2.24) is 9.47 Å². The zero-order valence-corrected chi connectivity index (χ0v) is 9.64. The van der Waals surface area contributed by atoms with Crippen LogP contribution < -0.4 is 0 Å². The van der Waals surface area contributed by atoms with Crippen LogP contribution in [0, 0.1) is 11.5 Å². The topological polar surface area (TPSA) is 32.0 Å². The Hall–Kier alpha value is -1.95. The fourth-order valence-corrected chi connectivity index (χ4v) is 1.96. The monoisotopic (exact) mass is 213 g/mol. The summed E-state index contributed by atoms with van der Waals surface area (Å²) in [6.07, 6.45) is 5.17. The van der Waals surface area contributed by atoms with Crippen LogP contribution in [-0.2, 0) is 13.5 Å². The third-order valence-electron chi connectivity index (χ3n) is 2.87. The Balaban J connectivity index is 2.28. The average molecular weight is 213 g/mol. The van der Waals surface area contributed by atoms with E-state index in [2.05, 4.69) is 42.2 Å². The summed E-state index contributed by atoms with van der Waals surface area (Å²) in [7, 11) is 3.87. The fourth-order valence-electron chi connectivity index (χ4n) is 1.96. The molecule has 0 aliphatic heterocycles. The second-order valence-electron chi connectivity index (χ2n) is 4.05. The van der Waals surface area contributed by atoms with Crippen molar-refractivity contribution in [2.75, 3.05) is 13.6 Å². The van der Waals surface area contributed by atoms with Crippen LogP contribution in [0.15, 0.2) is 30.5 Å². The van der Waals surface area contributed by atoms with Gasteiger partial charge < -0.3 is 9.47 Å². The van der Waals surface area contributed by atoms with Crippen molar-refractivity contribution >= 4 is 10.9 Å². The molecule has 0 bridgehead atoms. The van der Waals surface area contributed by atoms with Crippen molar-refractivity contribution in [2.45, 2.75) is 6.42 Å². The van der Waals surface area contributed by atoms with Gasteiger partial charge in [-0.3, -0.25) is 0 Å². The molecule has 2 rings (SSSR count). The first-order valence-electron chi connectivity index (χ1n) is 5.36. The lowest BCUT2D eigenvalue weighted by molar-refractivity contribution is 0.479. The normalized spacial score (nSPS) is 10.3. The highest BCUT2D eigenvalue weighted by Crippen LogP contribution is 2.20. The summed E-state index contributed by atoms with van der Waals surface area (Å²) in [5, 5.41) is 9.99. The van der Waals surface area contributed by atoms with Gasteiger partial charge >= 0.3 is 0 Å². The van der Waals surface area contributed by atoms with E-state index in [4.69, 9.17) is 5.26 Å². The molecule has 1 heterocycles. The maximum absolute atomic E-state index is 8.70. The number of fused-ring (bicyclic) bond motifs is 1. The van der Waals surface area contributed by atoms with Gasteiger partial charge in [0.15, 0.2) is 6.19 Å². The molecule has 3 heteroatoms. The average Bonchev–Trinajstić information content (AvgIpc) is 2.64. The molecular weight excluding hydrogens is 198 g/mol. The van der Waals surface area contributed by atoms with Crippen LogP contribution in [0.25, 0.3) is 10.9 Å². The first-order valence-corrected chi connectivity index (χ1v) is 5.36. The number of likely N-dealkylation sites (N-methyl/N-ethyl adjacent to an activating group) is 1. The summed E-state index contributed by atoms with van der Waals surface area (Å²) in [4.78, 5) is 1.65. The van der Waals surface area contributed by atoms with Crippen LogP contribution in [0.4, 0.5) is 0 Å². The lowest BCUT2D eigenvalue weighted by atomic mass is 10.1. The standard InChI is InChI=1S/C13H15N3/c1-15(10-14)8-7-11-9-16(2)13-6-4-3-5-12(11)13/h3-6,9H,7-8H2,1-2H3. The van der Waals surface area contributed by atoms with E-state index in [9.17, 15) is 0 Å². The van der Waals surface area contributed by atoms with E-state index in [1.54, 1.807) is 4.90 Å². The third kappa shape index (κ3) is 1.87. The summed E-state index contributed by atoms with van der Waals surface area (Å²) in [6, 6.07) is 8.36. The Kier molecular flexibility index (Phi) is 2.82. The molecule has 0 saturated carbocycles. The van der Waals surface area contributed by atoms with Crippen molar-refractivity contribution in [3.8, 4) is 6.19 Å². The zero-order chi connectivity index (χ0) is 11.5. The van der Waals surface area contributed by atoms with Crippen LogP contribution in [-0.4, -0.2) is 23.1 Å². The molecule has 0 aliphatic carbocycles. The second kappa shape index (κ2) is 4.28. The van der Waals surface area contributed by atoms with Crippen molar-refractivity contribution in [3.05, 3.63) is 36.0 Å². The van der Waals surface area contributed by atoms with Crippen LogP contribution >= 0.6 is 0 Å².